The number of halogens is 1. The zero-order valence-electron chi connectivity index (χ0n) is 13.0. The molecule has 0 atom stereocenters. The molecule has 0 bridgehead atoms. The summed E-state index contributed by atoms with van der Waals surface area (Å²) < 4.78 is 24.0. The second kappa shape index (κ2) is 6.95. The van der Waals surface area contributed by atoms with Crippen LogP contribution in [0.3, 0.4) is 0 Å². The Labute approximate surface area is 138 Å². The number of oxazole rings is 1. The minimum absolute atomic E-state index is 0.175. The van der Waals surface area contributed by atoms with E-state index >= 15 is 0 Å². The van der Waals surface area contributed by atoms with Gasteiger partial charge in [-0.2, -0.15) is 0 Å². The number of para-hydroxylation sites is 2. The Morgan fingerprint density at radius 3 is 2.71 bits per heavy atom. The summed E-state index contributed by atoms with van der Waals surface area (Å²) in [5, 5.41) is 2.70. The number of nitrogens with one attached hydrogen (secondary N) is 1. The molecule has 122 valence electrons. The molecular weight excluding hydrogens is 311 g/mol. The van der Waals surface area contributed by atoms with Crippen LogP contribution in [0.5, 0.6) is 5.75 Å². The van der Waals surface area contributed by atoms with Gasteiger partial charge in [0.15, 0.2) is 0 Å². The van der Waals surface area contributed by atoms with Crippen molar-refractivity contribution in [1.82, 2.24) is 4.98 Å². The fourth-order valence-electron chi connectivity index (χ4n) is 2.14. The van der Waals surface area contributed by atoms with E-state index < -0.39 is 0 Å². The maximum Gasteiger partial charge on any atom is 0.226 e. The van der Waals surface area contributed by atoms with Crippen LogP contribution >= 0.6 is 0 Å². The third kappa shape index (κ3) is 3.78. The largest absolute Gasteiger partial charge is 0.485 e. The van der Waals surface area contributed by atoms with Gasteiger partial charge in [-0.15, -0.1) is 0 Å². The quantitative estimate of drug-likeness (QED) is 0.769. The lowest BCUT2D eigenvalue weighted by Crippen LogP contribution is -2.07. The van der Waals surface area contributed by atoms with E-state index in [1.54, 1.807) is 30.3 Å². The Hall–Kier alpha value is -3.15. The van der Waals surface area contributed by atoms with Gasteiger partial charge in [0, 0.05) is 12.5 Å². The average molecular weight is 326 g/mol. The monoisotopic (exact) mass is 326 g/mol. The van der Waals surface area contributed by atoms with Crippen molar-refractivity contribution in [1.29, 1.82) is 0 Å². The molecule has 0 saturated heterocycles. The van der Waals surface area contributed by atoms with Crippen molar-refractivity contribution >= 4 is 11.6 Å². The fraction of sp³-hybridized carbons (Fsp3) is 0.111. The van der Waals surface area contributed by atoms with Crippen LogP contribution in [0.1, 0.15) is 12.6 Å². The van der Waals surface area contributed by atoms with Crippen molar-refractivity contribution in [3.8, 4) is 17.2 Å². The first-order valence-electron chi connectivity index (χ1n) is 7.31. The summed E-state index contributed by atoms with van der Waals surface area (Å²) >= 11 is 0. The number of aromatic nitrogens is 1. The smallest absolute Gasteiger partial charge is 0.226 e. The first-order valence-corrected chi connectivity index (χ1v) is 7.31. The van der Waals surface area contributed by atoms with E-state index in [0.29, 0.717) is 28.6 Å². The zero-order valence-corrected chi connectivity index (χ0v) is 13.0. The van der Waals surface area contributed by atoms with Crippen LogP contribution < -0.4 is 10.1 Å². The number of carbonyl (C=O) groups excluding carboxylic acids is 1. The van der Waals surface area contributed by atoms with E-state index in [1.807, 2.05) is 6.07 Å². The number of ether oxygens (including phenoxy) is 1. The van der Waals surface area contributed by atoms with Crippen molar-refractivity contribution in [3.05, 3.63) is 66.3 Å². The molecule has 0 radical (unpaired) electrons. The number of amides is 1. The van der Waals surface area contributed by atoms with Crippen molar-refractivity contribution in [3.63, 3.8) is 0 Å². The molecule has 3 aromatic rings. The molecule has 0 aliphatic rings. The summed E-state index contributed by atoms with van der Waals surface area (Å²) in [6, 6.07) is 13.0. The van der Waals surface area contributed by atoms with Crippen LogP contribution in [0.15, 0.2) is 59.2 Å². The molecule has 2 aromatic carbocycles. The van der Waals surface area contributed by atoms with Gasteiger partial charge in [0.2, 0.25) is 11.8 Å². The molecule has 1 aromatic heterocycles. The van der Waals surface area contributed by atoms with Gasteiger partial charge in [0.25, 0.3) is 0 Å². The highest BCUT2D eigenvalue weighted by Crippen LogP contribution is 2.25. The summed E-state index contributed by atoms with van der Waals surface area (Å²) in [5.74, 6) is 0.442. The molecule has 0 aliphatic heterocycles. The number of hydrogen-bond acceptors (Lipinski definition) is 4. The maximum absolute atomic E-state index is 12.9. The summed E-state index contributed by atoms with van der Waals surface area (Å²) in [7, 11) is 0. The molecule has 0 unspecified atom stereocenters. The molecule has 24 heavy (non-hydrogen) atoms. The number of benzene rings is 2. The van der Waals surface area contributed by atoms with E-state index in [9.17, 15) is 9.18 Å². The van der Waals surface area contributed by atoms with Crippen LogP contribution in [0, 0.1) is 5.82 Å². The number of carbonyl (C=O) groups is 1. The van der Waals surface area contributed by atoms with Crippen molar-refractivity contribution in [2.45, 2.75) is 13.5 Å². The van der Waals surface area contributed by atoms with Gasteiger partial charge in [-0.05, 0) is 36.4 Å². The van der Waals surface area contributed by atoms with Gasteiger partial charge in [0.1, 0.15) is 30.1 Å². The molecule has 3 rings (SSSR count). The minimum atomic E-state index is -0.316. The van der Waals surface area contributed by atoms with Gasteiger partial charge in [-0.25, -0.2) is 9.37 Å². The number of rotatable bonds is 5. The average Bonchev–Trinajstić information content (AvgIpc) is 3.03. The second-order valence-corrected chi connectivity index (χ2v) is 5.12. The van der Waals surface area contributed by atoms with Crippen LogP contribution in [0.25, 0.3) is 11.5 Å². The highest BCUT2D eigenvalue weighted by atomic mass is 19.1. The van der Waals surface area contributed by atoms with Gasteiger partial charge < -0.3 is 14.5 Å². The molecule has 0 aliphatic carbocycles. The Bertz CT molecular complexity index is 843. The molecule has 1 N–H and O–H groups in total. The Kier molecular flexibility index (Phi) is 4.56. The Morgan fingerprint density at radius 2 is 1.96 bits per heavy atom. The van der Waals surface area contributed by atoms with E-state index in [0.717, 1.165) is 0 Å². The van der Waals surface area contributed by atoms with Gasteiger partial charge in [-0.3, -0.25) is 4.79 Å². The lowest BCUT2D eigenvalue weighted by molar-refractivity contribution is -0.114. The van der Waals surface area contributed by atoms with Crippen LogP contribution in [0.2, 0.25) is 0 Å². The SMILES string of the molecule is CC(=O)Nc1ccccc1OCc1coc(-c2ccc(F)cc2)n1. The molecule has 5 nitrogen and oxygen atoms in total. The topological polar surface area (TPSA) is 64.4 Å². The second-order valence-electron chi connectivity index (χ2n) is 5.12. The molecule has 1 heterocycles. The molecule has 0 spiro atoms. The van der Waals surface area contributed by atoms with Gasteiger partial charge >= 0.3 is 0 Å². The molecule has 0 fully saturated rings. The zero-order chi connectivity index (χ0) is 16.9. The third-order valence-electron chi connectivity index (χ3n) is 3.22. The predicted octanol–water partition coefficient (Wildman–Crippen LogP) is 4.02. The minimum Gasteiger partial charge on any atom is -0.485 e. The fourth-order valence-corrected chi connectivity index (χ4v) is 2.14. The van der Waals surface area contributed by atoms with Gasteiger partial charge in [0.05, 0.1) is 5.69 Å². The predicted molar refractivity (Wildman–Crippen MR) is 87.0 cm³/mol. The third-order valence-corrected chi connectivity index (χ3v) is 3.22. The Balaban J connectivity index is 1.70. The number of anilines is 1. The molecular formula is C18H15FN2O3. The number of hydrogen-bond donors (Lipinski definition) is 1. The van der Waals surface area contributed by atoms with E-state index in [1.165, 1.54) is 25.3 Å². The molecule has 6 heteroatoms. The van der Waals surface area contributed by atoms with Crippen molar-refractivity contribution in [2.24, 2.45) is 0 Å². The first kappa shape index (κ1) is 15.7. The summed E-state index contributed by atoms with van der Waals surface area (Å²) in [6.07, 6.45) is 1.49. The van der Waals surface area contributed by atoms with Crippen molar-refractivity contribution < 1.29 is 18.3 Å². The number of nitrogens with zero attached hydrogens (tertiary/aromatic N) is 1. The van der Waals surface area contributed by atoms with E-state index in [2.05, 4.69) is 10.3 Å². The van der Waals surface area contributed by atoms with E-state index in [-0.39, 0.29) is 18.3 Å². The van der Waals surface area contributed by atoms with Crippen LogP contribution in [0.4, 0.5) is 10.1 Å². The summed E-state index contributed by atoms with van der Waals surface area (Å²) in [6.45, 7) is 1.62. The lowest BCUT2D eigenvalue weighted by Gasteiger charge is -2.10. The Morgan fingerprint density at radius 1 is 1.21 bits per heavy atom. The lowest BCUT2D eigenvalue weighted by atomic mass is 10.2. The molecule has 1 amide bonds. The van der Waals surface area contributed by atoms with E-state index in [4.69, 9.17) is 9.15 Å². The normalized spacial score (nSPS) is 10.4. The highest BCUT2D eigenvalue weighted by molar-refractivity contribution is 5.90. The first-order chi connectivity index (χ1) is 11.6. The summed E-state index contributed by atoms with van der Waals surface area (Å²) in [5.41, 5.74) is 1.86. The van der Waals surface area contributed by atoms with Gasteiger partial charge in [-0.1, -0.05) is 12.1 Å². The van der Waals surface area contributed by atoms with Crippen LogP contribution in [-0.4, -0.2) is 10.9 Å². The highest BCUT2D eigenvalue weighted by Gasteiger charge is 2.09. The molecule has 0 saturated carbocycles. The van der Waals surface area contributed by atoms with Crippen LogP contribution in [-0.2, 0) is 11.4 Å². The summed E-state index contributed by atoms with van der Waals surface area (Å²) in [4.78, 5) is 15.5. The standard InChI is InChI=1S/C18H15FN2O3/c1-12(22)20-16-4-2-3-5-17(16)23-10-15-11-24-18(21-15)13-6-8-14(19)9-7-13/h2-9,11H,10H2,1H3,(H,20,22). The maximum atomic E-state index is 12.9. The van der Waals surface area contributed by atoms with Crippen molar-refractivity contribution in [2.75, 3.05) is 5.32 Å².